The van der Waals surface area contributed by atoms with E-state index in [4.69, 9.17) is 10.5 Å². The molecule has 2 aromatic carbocycles. The number of hydrogen-bond acceptors (Lipinski definition) is 2. The molecule has 2 N–H and O–H groups in total. The normalized spacial score (nSPS) is 12.2. The second-order valence-corrected chi connectivity index (χ2v) is 5.42. The summed E-state index contributed by atoms with van der Waals surface area (Å²) in [7, 11) is 0. The van der Waals surface area contributed by atoms with E-state index < -0.39 is 0 Å². The summed E-state index contributed by atoms with van der Waals surface area (Å²) in [4.78, 5) is 0. The number of nitrogens with two attached hydrogens (primary N) is 1. The molecule has 0 spiro atoms. The Bertz CT molecular complexity index is 568. The number of halogens is 1. The van der Waals surface area contributed by atoms with Crippen molar-refractivity contribution in [2.75, 3.05) is 6.54 Å². The van der Waals surface area contributed by atoms with E-state index in [2.05, 4.69) is 35.8 Å². The third kappa shape index (κ3) is 3.17. The quantitative estimate of drug-likeness (QED) is 0.919. The van der Waals surface area contributed by atoms with Crippen LogP contribution in [0.25, 0.3) is 0 Å². The predicted octanol–water partition coefficient (Wildman–Crippen LogP) is 4.14. The van der Waals surface area contributed by atoms with E-state index >= 15 is 0 Å². The molecule has 2 nitrogen and oxygen atoms in total. The SMILES string of the molecule is Cc1cccc(OC(CN)c2ccccc2Br)c1C. The van der Waals surface area contributed by atoms with Crippen molar-refractivity contribution < 1.29 is 4.74 Å². The molecule has 0 aromatic heterocycles. The van der Waals surface area contributed by atoms with E-state index in [1.54, 1.807) is 0 Å². The van der Waals surface area contributed by atoms with Crippen LogP contribution >= 0.6 is 15.9 Å². The molecule has 0 heterocycles. The minimum atomic E-state index is -0.143. The molecule has 1 unspecified atom stereocenters. The first-order valence-corrected chi connectivity index (χ1v) is 7.10. The fourth-order valence-corrected chi connectivity index (χ4v) is 2.52. The van der Waals surface area contributed by atoms with Gasteiger partial charge >= 0.3 is 0 Å². The molecule has 0 aliphatic rings. The Labute approximate surface area is 122 Å². The van der Waals surface area contributed by atoms with Gasteiger partial charge in [-0.15, -0.1) is 0 Å². The van der Waals surface area contributed by atoms with Gasteiger partial charge in [-0.25, -0.2) is 0 Å². The van der Waals surface area contributed by atoms with E-state index in [-0.39, 0.29) is 6.10 Å². The van der Waals surface area contributed by atoms with Crippen molar-refractivity contribution in [3.63, 3.8) is 0 Å². The molecular weight excluding hydrogens is 302 g/mol. The Hall–Kier alpha value is -1.32. The fourth-order valence-electron chi connectivity index (χ4n) is 1.98. The first-order chi connectivity index (χ1) is 9.13. The fraction of sp³-hybridized carbons (Fsp3) is 0.250. The lowest BCUT2D eigenvalue weighted by Gasteiger charge is -2.21. The molecule has 0 saturated heterocycles. The monoisotopic (exact) mass is 319 g/mol. The van der Waals surface area contributed by atoms with Gasteiger partial charge in [0.05, 0.1) is 0 Å². The number of benzene rings is 2. The van der Waals surface area contributed by atoms with Crippen LogP contribution in [0.2, 0.25) is 0 Å². The summed E-state index contributed by atoms with van der Waals surface area (Å²) in [6.07, 6.45) is -0.143. The standard InChI is InChI=1S/C16H18BrNO/c1-11-6-5-9-15(12(11)2)19-16(10-18)13-7-3-4-8-14(13)17/h3-9,16H,10,18H2,1-2H3. The average molecular weight is 320 g/mol. The lowest BCUT2D eigenvalue weighted by molar-refractivity contribution is 0.212. The van der Waals surface area contributed by atoms with Crippen LogP contribution in [0.15, 0.2) is 46.9 Å². The summed E-state index contributed by atoms with van der Waals surface area (Å²) in [5.41, 5.74) is 9.32. The Balaban J connectivity index is 2.30. The number of hydrogen-bond donors (Lipinski definition) is 1. The van der Waals surface area contributed by atoms with Crippen LogP contribution in [0.4, 0.5) is 0 Å². The minimum absolute atomic E-state index is 0.143. The number of ether oxygens (including phenoxy) is 1. The van der Waals surface area contributed by atoms with Crippen LogP contribution in [-0.2, 0) is 0 Å². The van der Waals surface area contributed by atoms with Gasteiger partial charge in [0.1, 0.15) is 11.9 Å². The van der Waals surface area contributed by atoms with Gasteiger partial charge in [-0.05, 0) is 37.1 Å². The first kappa shape index (κ1) is 14.1. The maximum absolute atomic E-state index is 6.09. The van der Waals surface area contributed by atoms with E-state index in [9.17, 15) is 0 Å². The molecule has 2 rings (SSSR count). The van der Waals surface area contributed by atoms with Gasteiger partial charge in [-0.3, -0.25) is 0 Å². The van der Waals surface area contributed by atoms with Crippen LogP contribution in [-0.4, -0.2) is 6.54 Å². The molecule has 19 heavy (non-hydrogen) atoms. The summed E-state index contributed by atoms with van der Waals surface area (Å²) in [6, 6.07) is 14.1. The Morgan fingerprint density at radius 3 is 2.53 bits per heavy atom. The van der Waals surface area contributed by atoms with Crippen molar-refractivity contribution >= 4 is 15.9 Å². The van der Waals surface area contributed by atoms with Crippen LogP contribution in [0.5, 0.6) is 5.75 Å². The van der Waals surface area contributed by atoms with Gasteiger partial charge in [-0.1, -0.05) is 46.3 Å². The zero-order valence-corrected chi connectivity index (χ0v) is 12.8. The minimum Gasteiger partial charge on any atom is -0.484 e. The van der Waals surface area contributed by atoms with Crippen molar-refractivity contribution in [2.45, 2.75) is 20.0 Å². The van der Waals surface area contributed by atoms with Crippen molar-refractivity contribution in [2.24, 2.45) is 5.73 Å². The zero-order valence-electron chi connectivity index (χ0n) is 11.2. The first-order valence-electron chi connectivity index (χ1n) is 6.31. The average Bonchev–Trinajstić information content (AvgIpc) is 2.41. The lowest BCUT2D eigenvalue weighted by atomic mass is 10.1. The van der Waals surface area contributed by atoms with Crippen molar-refractivity contribution in [1.29, 1.82) is 0 Å². The number of rotatable bonds is 4. The van der Waals surface area contributed by atoms with Gasteiger partial charge in [0.2, 0.25) is 0 Å². The maximum atomic E-state index is 6.09. The second kappa shape index (κ2) is 6.22. The highest BCUT2D eigenvalue weighted by Gasteiger charge is 2.15. The Kier molecular flexibility index (Phi) is 4.61. The van der Waals surface area contributed by atoms with Crippen molar-refractivity contribution in [3.05, 3.63) is 63.6 Å². The molecule has 100 valence electrons. The van der Waals surface area contributed by atoms with Gasteiger partial charge in [0, 0.05) is 16.6 Å². The Morgan fingerprint density at radius 2 is 1.84 bits per heavy atom. The molecule has 3 heteroatoms. The molecule has 0 aliphatic carbocycles. The highest BCUT2D eigenvalue weighted by Crippen LogP contribution is 2.29. The van der Waals surface area contributed by atoms with E-state index in [1.807, 2.05) is 36.4 Å². The highest BCUT2D eigenvalue weighted by molar-refractivity contribution is 9.10. The second-order valence-electron chi connectivity index (χ2n) is 4.56. The smallest absolute Gasteiger partial charge is 0.137 e. The van der Waals surface area contributed by atoms with Crippen molar-refractivity contribution in [3.8, 4) is 5.75 Å². The van der Waals surface area contributed by atoms with Crippen LogP contribution in [0, 0.1) is 13.8 Å². The zero-order chi connectivity index (χ0) is 13.8. The summed E-state index contributed by atoms with van der Waals surface area (Å²) in [5.74, 6) is 0.895. The molecule has 0 aliphatic heterocycles. The molecule has 0 amide bonds. The number of aryl methyl sites for hydroxylation is 1. The topological polar surface area (TPSA) is 35.2 Å². The molecule has 1 atom stereocenters. The van der Waals surface area contributed by atoms with Crippen LogP contribution in [0.3, 0.4) is 0 Å². The molecular formula is C16H18BrNO. The van der Waals surface area contributed by atoms with Gasteiger partial charge in [-0.2, -0.15) is 0 Å². The van der Waals surface area contributed by atoms with E-state index in [0.717, 1.165) is 21.3 Å². The molecule has 0 radical (unpaired) electrons. The highest BCUT2D eigenvalue weighted by atomic mass is 79.9. The molecule has 2 aromatic rings. The van der Waals surface area contributed by atoms with Crippen LogP contribution in [0.1, 0.15) is 22.8 Å². The summed E-state index contributed by atoms with van der Waals surface area (Å²) >= 11 is 3.55. The largest absolute Gasteiger partial charge is 0.484 e. The summed E-state index contributed by atoms with van der Waals surface area (Å²) in [6.45, 7) is 4.59. The van der Waals surface area contributed by atoms with Gasteiger partial charge < -0.3 is 10.5 Å². The van der Waals surface area contributed by atoms with E-state index in [1.165, 1.54) is 5.56 Å². The maximum Gasteiger partial charge on any atom is 0.137 e. The Morgan fingerprint density at radius 1 is 1.11 bits per heavy atom. The van der Waals surface area contributed by atoms with Gasteiger partial charge in [0.15, 0.2) is 0 Å². The third-order valence-electron chi connectivity index (χ3n) is 3.29. The van der Waals surface area contributed by atoms with Crippen molar-refractivity contribution in [1.82, 2.24) is 0 Å². The lowest BCUT2D eigenvalue weighted by Crippen LogP contribution is -2.19. The summed E-state index contributed by atoms with van der Waals surface area (Å²) in [5, 5.41) is 0. The third-order valence-corrected chi connectivity index (χ3v) is 4.01. The van der Waals surface area contributed by atoms with Gasteiger partial charge in [0.25, 0.3) is 0 Å². The predicted molar refractivity (Wildman–Crippen MR) is 82.5 cm³/mol. The molecule has 0 bridgehead atoms. The molecule has 0 fully saturated rings. The van der Waals surface area contributed by atoms with Crippen LogP contribution < -0.4 is 10.5 Å². The summed E-state index contributed by atoms with van der Waals surface area (Å²) < 4.78 is 7.11. The van der Waals surface area contributed by atoms with E-state index in [0.29, 0.717) is 6.54 Å². The molecule has 0 saturated carbocycles.